The molecule has 1 aromatic carbocycles. The van der Waals surface area contributed by atoms with Crippen molar-refractivity contribution in [2.24, 2.45) is 7.05 Å². The average Bonchev–Trinajstić information content (AvgIpc) is 3.26. The highest BCUT2D eigenvalue weighted by Gasteiger charge is 2.21. The van der Waals surface area contributed by atoms with E-state index in [0.717, 1.165) is 5.69 Å². The second kappa shape index (κ2) is 9.40. The standard InChI is InChI=1S/C25H29FN8O2/c1-7-34-20(12-19(32-34)25(2,3)4)30-24(36)29-18-11-14(8-9-17(18)26)16-10-15-13-28-23(27-5)31-21(15)33(6)22(16)35/h8-13H,7H2,1-6H3,(H,27,28,31)(H2,29,30,36). The summed E-state index contributed by atoms with van der Waals surface area (Å²) in [4.78, 5) is 34.4. The molecule has 0 unspecified atom stereocenters. The first kappa shape index (κ1) is 24.8. The number of urea groups is 1. The minimum Gasteiger partial charge on any atom is -0.357 e. The number of aryl methyl sites for hydroxylation is 2. The van der Waals surface area contributed by atoms with E-state index < -0.39 is 11.8 Å². The Kier molecular flexibility index (Phi) is 6.49. The SMILES string of the molecule is CCn1nc(C(C)(C)C)cc1NC(=O)Nc1cc(-c2cc3cnc(NC)nc3n(C)c2=O)ccc1F. The van der Waals surface area contributed by atoms with Crippen LogP contribution in [0.4, 0.5) is 26.6 Å². The van der Waals surface area contributed by atoms with Crippen molar-refractivity contribution in [2.45, 2.75) is 39.7 Å². The molecule has 3 N–H and O–H groups in total. The number of hydrogen-bond acceptors (Lipinski definition) is 6. The third-order valence-corrected chi connectivity index (χ3v) is 5.79. The smallest absolute Gasteiger partial charge is 0.324 e. The van der Waals surface area contributed by atoms with Crippen molar-refractivity contribution < 1.29 is 9.18 Å². The second-order valence-corrected chi connectivity index (χ2v) is 9.40. The number of halogens is 1. The molecular formula is C25H29FN8O2. The number of benzene rings is 1. The summed E-state index contributed by atoms with van der Waals surface area (Å²) in [6, 6.07) is 6.96. The van der Waals surface area contributed by atoms with E-state index in [4.69, 9.17) is 0 Å². The summed E-state index contributed by atoms with van der Waals surface area (Å²) in [5, 5.41) is 13.3. The minimum atomic E-state index is -0.632. The van der Waals surface area contributed by atoms with Crippen LogP contribution in [0.3, 0.4) is 0 Å². The Morgan fingerprint density at radius 1 is 1.14 bits per heavy atom. The number of fused-ring (bicyclic) bond motifs is 1. The van der Waals surface area contributed by atoms with Gasteiger partial charge in [-0.2, -0.15) is 10.1 Å². The lowest BCUT2D eigenvalue weighted by molar-refractivity contribution is 0.262. The van der Waals surface area contributed by atoms with Crippen LogP contribution in [0.15, 0.2) is 41.3 Å². The summed E-state index contributed by atoms with van der Waals surface area (Å²) in [6.45, 7) is 8.56. The van der Waals surface area contributed by atoms with Crippen molar-refractivity contribution in [3.63, 3.8) is 0 Å². The van der Waals surface area contributed by atoms with E-state index in [1.165, 1.54) is 22.8 Å². The monoisotopic (exact) mass is 492 g/mol. The predicted molar refractivity (Wildman–Crippen MR) is 139 cm³/mol. The molecule has 0 fully saturated rings. The van der Waals surface area contributed by atoms with Crippen molar-refractivity contribution in [1.29, 1.82) is 0 Å². The number of carbonyl (C=O) groups excluding carboxylic acids is 1. The van der Waals surface area contributed by atoms with Crippen LogP contribution in [-0.2, 0) is 19.0 Å². The number of pyridine rings is 1. The van der Waals surface area contributed by atoms with Gasteiger partial charge in [0.1, 0.15) is 17.3 Å². The van der Waals surface area contributed by atoms with Gasteiger partial charge in [0.15, 0.2) is 0 Å². The highest BCUT2D eigenvalue weighted by molar-refractivity contribution is 5.99. The molecule has 0 spiro atoms. The van der Waals surface area contributed by atoms with Gasteiger partial charge in [-0.1, -0.05) is 26.8 Å². The van der Waals surface area contributed by atoms with E-state index in [2.05, 4.69) is 31.0 Å². The average molecular weight is 493 g/mol. The Balaban J connectivity index is 1.64. The van der Waals surface area contributed by atoms with Gasteiger partial charge in [-0.25, -0.2) is 18.9 Å². The fourth-order valence-electron chi connectivity index (χ4n) is 3.76. The number of amides is 2. The number of nitrogens with zero attached hydrogens (tertiary/aromatic N) is 5. The lowest BCUT2D eigenvalue weighted by Crippen LogP contribution is -2.22. The van der Waals surface area contributed by atoms with Gasteiger partial charge >= 0.3 is 6.03 Å². The maximum absolute atomic E-state index is 14.6. The normalized spacial score (nSPS) is 11.5. The van der Waals surface area contributed by atoms with Crippen molar-refractivity contribution in [3.8, 4) is 11.1 Å². The first-order valence-electron chi connectivity index (χ1n) is 11.5. The predicted octanol–water partition coefficient (Wildman–Crippen LogP) is 4.33. The third-order valence-electron chi connectivity index (χ3n) is 5.79. The molecule has 0 aliphatic rings. The molecule has 0 atom stereocenters. The molecule has 2 amide bonds. The van der Waals surface area contributed by atoms with E-state index >= 15 is 0 Å². The van der Waals surface area contributed by atoms with Crippen LogP contribution in [0.2, 0.25) is 0 Å². The van der Waals surface area contributed by atoms with Crippen molar-refractivity contribution in [1.82, 2.24) is 24.3 Å². The second-order valence-electron chi connectivity index (χ2n) is 9.40. The van der Waals surface area contributed by atoms with Gasteiger partial charge in [0.25, 0.3) is 5.56 Å². The molecule has 4 aromatic rings. The third kappa shape index (κ3) is 4.77. The van der Waals surface area contributed by atoms with Gasteiger partial charge in [-0.05, 0) is 30.7 Å². The van der Waals surface area contributed by atoms with E-state index in [9.17, 15) is 14.0 Å². The van der Waals surface area contributed by atoms with Gasteiger partial charge in [0.05, 0.1) is 11.4 Å². The molecule has 4 rings (SSSR count). The molecular weight excluding hydrogens is 463 g/mol. The Morgan fingerprint density at radius 2 is 1.89 bits per heavy atom. The summed E-state index contributed by atoms with van der Waals surface area (Å²) in [5.41, 5.74) is 1.49. The van der Waals surface area contributed by atoms with Gasteiger partial charge in [-0.3, -0.25) is 14.7 Å². The van der Waals surface area contributed by atoms with E-state index in [-0.39, 0.29) is 16.7 Å². The fraction of sp³-hybridized carbons (Fsp3) is 0.320. The first-order valence-corrected chi connectivity index (χ1v) is 11.5. The van der Waals surface area contributed by atoms with E-state index in [1.807, 2.05) is 27.7 Å². The lowest BCUT2D eigenvalue weighted by atomic mass is 9.92. The molecule has 3 heterocycles. The Bertz CT molecular complexity index is 1520. The van der Waals surface area contributed by atoms with Crippen LogP contribution in [0.25, 0.3) is 22.2 Å². The highest BCUT2D eigenvalue weighted by atomic mass is 19.1. The molecule has 188 valence electrons. The van der Waals surface area contributed by atoms with Crippen LogP contribution in [0.1, 0.15) is 33.4 Å². The zero-order valence-corrected chi connectivity index (χ0v) is 21.1. The maximum atomic E-state index is 14.6. The zero-order chi connectivity index (χ0) is 26.2. The van der Waals surface area contributed by atoms with Gasteiger partial charge in [-0.15, -0.1) is 0 Å². The molecule has 3 aromatic heterocycles. The van der Waals surface area contributed by atoms with Crippen molar-refractivity contribution in [2.75, 3.05) is 23.0 Å². The summed E-state index contributed by atoms with van der Waals surface area (Å²) in [5.74, 6) is 0.261. The van der Waals surface area contributed by atoms with Gasteiger partial charge < -0.3 is 10.6 Å². The number of anilines is 3. The molecule has 0 aliphatic heterocycles. The quantitative estimate of drug-likeness (QED) is 0.382. The number of aromatic nitrogens is 5. The van der Waals surface area contributed by atoms with Crippen LogP contribution in [-0.4, -0.2) is 37.4 Å². The van der Waals surface area contributed by atoms with Crippen LogP contribution in [0.5, 0.6) is 0 Å². The Hall–Kier alpha value is -4.28. The van der Waals surface area contributed by atoms with E-state index in [1.54, 1.807) is 37.1 Å². The molecule has 0 bridgehead atoms. The topological polar surface area (TPSA) is 119 Å². The number of nitrogens with one attached hydrogen (secondary N) is 3. The summed E-state index contributed by atoms with van der Waals surface area (Å²) < 4.78 is 17.7. The highest BCUT2D eigenvalue weighted by Crippen LogP contribution is 2.27. The Labute approximate surface area is 207 Å². The van der Waals surface area contributed by atoms with E-state index in [0.29, 0.717) is 40.5 Å². The van der Waals surface area contributed by atoms with Crippen molar-refractivity contribution in [3.05, 3.63) is 58.4 Å². The molecule has 0 aliphatic carbocycles. The van der Waals surface area contributed by atoms with Gasteiger partial charge in [0.2, 0.25) is 5.95 Å². The fourth-order valence-corrected chi connectivity index (χ4v) is 3.76. The van der Waals surface area contributed by atoms with Crippen LogP contribution < -0.4 is 21.5 Å². The Morgan fingerprint density at radius 3 is 2.56 bits per heavy atom. The summed E-state index contributed by atoms with van der Waals surface area (Å²) >= 11 is 0. The number of hydrogen-bond donors (Lipinski definition) is 3. The first-order chi connectivity index (χ1) is 17.0. The molecule has 10 nitrogen and oxygen atoms in total. The van der Waals surface area contributed by atoms with Gasteiger partial charge in [0, 0.05) is 49.3 Å². The molecule has 11 heteroatoms. The van der Waals surface area contributed by atoms with Crippen molar-refractivity contribution >= 4 is 34.5 Å². The minimum absolute atomic E-state index is 0.0625. The number of rotatable bonds is 5. The maximum Gasteiger partial charge on any atom is 0.324 e. The number of carbonyl (C=O) groups is 1. The lowest BCUT2D eigenvalue weighted by Gasteiger charge is -2.13. The summed E-state index contributed by atoms with van der Waals surface area (Å²) in [7, 11) is 3.30. The molecule has 0 saturated heterocycles. The zero-order valence-electron chi connectivity index (χ0n) is 21.1. The molecule has 0 radical (unpaired) electrons. The largest absolute Gasteiger partial charge is 0.357 e. The van der Waals surface area contributed by atoms with Crippen LogP contribution in [0, 0.1) is 5.82 Å². The molecule has 0 saturated carbocycles. The molecule has 36 heavy (non-hydrogen) atoms. The summed E-state index contributed by atoms with van der Waals surface area (Å²) in [6.07, 6.45) is 1.61. The van der Waals surface area contributed by atoms with Crippen LogP contribution >= 0.6 is 0 Å².